The van der Waals surface area contributed by atoms with Gasteiger partial charge in [0.05, 0.1) is 5.25 Å². The number of rotatable bonds is 3. The Hall–Kier alpha value is -1.16. The summed E-state index contributed by atoms with van der Waals surface area (Å²) in [6.45, 7) is 1.78. The van der Waals surface area contributed by atoms with Gasteiger partial charge in [-0.2, -0.15) is 0 Å². The summed E-state index contributed by atoms with van der Waals surface area (Å²) in [4.78, 5) is 11.7. The van der Waals surface area contributed by atoms with Gasteiger partial charge in [0.2, 0.25) is 5.91 Å². The second-order valence-corrected chi connectivity index (χ2v) is 4.15. The largest absolute Gasteiger partial charge is 0.399 e. The molecule has 0 bridgehead atoms. The van der Waals surface area contributed by atoms with Gasteiger partial charge < -0.3 is 11.5 Å². The Morgan fingerprint density at radius 2 is 1.92 bits per heavy atom. The van der Waals surface area contributed by atoms with Crippen LogP contribution in [-0.2, 0) is 4.79 Å². The summed E-state index contributed by atoms with van der Waals surface area (Å²) >= 11 is 1.43. The Morgan fingerprint density at radius 3 is 2.38 bits per heavy atom. The molecular weight excluding hydrogens is 184 g/mol. The van der Waals surface area contributed by atoms with E-state index >= 15 is 0 Å². The predicted octanol–water partition coefficient (Wildman–Crippen LogP) is 1.23. The third-order valence-corrected chi connectivity index (χ3v) is 2.72. The molecule has 1 aromatic rings. The fourth-order valence-electron chi connectivity index (χ4n) is 0.809. The molecule has 1 amide bonds. The lowest BCUT2D eigenvalue weighted by Gasteiger charge is -2.06. The van der Waals surface area contributed by atoms with Crippen LogP contribution >= 0.6 is 11.8 Å². The summed E-state index contributed by atoms with van der Waals surface area (Å²) in [5.74, 6) is -0.304. The van der Waals surface area contributed by atoms with Crippen molar-refractivity contribution in [1.82, 2.24) is 0 Å². The molecule has 0 aliphatic heterocycles. The van der Waals surface area contributed by atoms with E-state index in [4.69, 9.17) is 11.5 Å². The number of carbonyl (C=O) groups excluding carboxylic acids is 1. The maximum absolute atomic E-state index is 10.7. The van der Waals surface area contributed by atoms with Crippen molar-refractivity contribution >= 4 is 23.4 Å². The van der Waals surface area contributed by atoms with Gasteiger partial charge in [0.25, 0.3) is 0 Å². The number of anilines is 1. The van der Waals surface area contributed by atoms with Crippen molar-refractivity contribution in [2.45, 2.75) is 17.1 Å². The van der Waals surface area contributed by atoms with E-state index in [2.05, 4.69) is 0 Å². The maximum Gasteiger partial charge on any atom is 0.230 e. The van der Waals surface area contributed by atoms with E-state index in [0.717, 1.165) is 10.6 Å². The van der Waals surface area contributed by atoms with Crippen LogP contribution in [0, 0.1) is 0 Å². The number of benzene rings is 1. The summed E-state index contributed by atoms with van der Waals surface area (Å²) in [6, 6.07) is 7.35. The summed E-state index contributed by atoms with van der Waals surface area (Å²) in [5.41, 5.74) is 11.4. The molecule has 0 aliphatic rings. The molecule has 0 radical (unpaired) electrons. The first kappa shape index (κ1) is 9.92. The van der Waals surface area contributed by atoms with Crippen LogP contribution in [0.4, 0.5) is 5.69 Å². The third-order valence-electron chi connectivity index (χ3n) is 1.59. The lowest BCUT2D eigenvalue weighted by atomic mass is 10.3. The van der Waals surface area contributed by atoms with Crippen LogP contribution in [-0.4, -0.2) is 11.2 Å². The van der Waals surface area contributed by atoms with Gasteiger partial charge in [-0.25, -0.2) is 0 Å². The number of nitrogens with two attached hydrogens (primary N) is 2. The first-order chi connectivity index (χ1) is 6.09. The van der Waals surface area contributed by atoms with Crippen molar-refractivity contribution in [3.8, 4) is 0 Å². The van der Waals surface area contributed by atoms with Crippen molar-refractivity contribution in [3.05, 3.63) is 24.3 Å². The monoisotopic (exact) mass is 196 g/mol. The Labute approximate surface area is 81.5 Å². The zero-order chi connectivity index (χ0) is 9.84. The average molecular weight is 196 g/mol. The molecule has 0 saturated heterocycles. The highest BCUT2D eigenvalue weighted by Gasteiger charge is 2.09. The van der Waals surface area contributed by atoms with E-state index < -0.39 is 0 Å². The van der Waals surface area contributed by atoms with E-state index in [1.807, 2.05) is 12.1 Å². The van der Waals surface area contributed by atoms with Crippen LogP contribution in [0.15, 0.2) is 29.2 Å². The van der Waals surface area contributed by atoms with E-state index in [-0.39, 0.29) is 11.2 Å². The summed E-state index contributed by atoms with van der Waals surface area (Å²) in [6.07, 6.45) is 0. The second kappa shape index (κ2) is 4.18. The molecule has 70 valence electrons. The quantitative estimate of drug-likeness (QED) is 0.564. The number of nitrogen functional groups attached to an aromatic ring is 1. The fourth-order valence-corrected chi connectivity index (χ4v) is 1.63. The molecule has 0 fully saturated rings. The van der Waals surface area contributed by atoms with Crippen molar-refractivity contribution in [2.75, 3.05) is 5.73 Å². The molecule has 3 nitrogen and oxygen atoms in total. The Bertz CT molecular complexity index is 297. The SMILES string of the molecule is CC(Sc1ccc(N)cc1)C(N)=O. The van der Waals surface area contributed by atoms with Crippen molar-refractivity contribution in [3.63, 3.8) is 0 Å². The third kappa shape index (κ3) is 2.99. The van der Waals surface area contributed by atoms with Crippen molar-refractivity contribution in [2.24, 2.45) is 5.73 Å². The molecule has 0 heterocycles. The van der Waals surface area contributed by atoms with Crippen LogP contribution in [0.25, 0.3) is 0 Å². The molecule has 0 aromatic heterocycles. The van der Waals surface area contributed by atoms with Crippen molar-refractivity contribution < 1.29 is 4.79 Å². The second-order valence-electron chi connectivity index (χ2n) is 2.73. The van der Waals surface area contributed by atoms with E-state index in [9.17, 15) is 4.79 Å². The van der Waals surface area contributed by atoms with Crippen LogP contribution in [0.1, 0.15) is 6.92 Å². The normalized spacial score (nSPS) is 12.4. The smallest absolute Gasteiger partial charge is 0.230 e. The van der Waals surface area contributed by atoms with E-state index in [1.165, 1.54) is 11.8 Å². The minimum absolute atomic E-state index is 0.205. The minimum Gasteiger partial charge on any atom is -0.399 e. The number of amides is 1. The highest BCUT2D eigenvalue weighted by Crippen LogP contribution is 2.23. The molecule has 0 aliphatic carbocycles. The van der Waals surface area contributed by atoms with Crippen LogP contribution in [0.5, 0.6) is 0 Å². The van der Waals surface area contributed by atoms with Gasteiger partial charge in [-0.3, -0.25) is 4.79 Å². The van der Waals surface area contributed by atoms with Crippen LogP contribution in [0.2, 0.25) is 0 Å². The first-order valence-corrected chi connectivity index (χ1v) is 4.79. The van der Waals surface area contributed by atoms with Gasteiger partial charge in [-0.15, -0.1) is 11.8 Å². The van der Waals surface area contributed by atoms with Gasteiger partial charge in [-0.1, -0.05) is 0 Å². The molecule has 4 N–H and O–H groups in total. The van der Waals surface area contributed by atoms with Gasteiger partial charge in [0, 0.05) is 10.6 Å². The number of thioether (sulfide) groups is 1. The minimum atomic E-state index is -0.304. The molecule has 1 rings (SSSR count). The Morgan fingerprint density at radius 1 is 1.38 bits per heavy atom. The molecule has 0 spiro atoms. The van der Waals surface area contributed by atoms with E-state index in [0.29, 0.717) is 0 Å². The zero-order valence-corrected chi connectivity index (χ0v) is 8.17. The lowest BCUT2D eigenvalue weighted by Crippen LogP contribution is -2.22. The lowest BCUT2D eigenvalue weighted by molar-refractivity contribution is -0.117. The number of hydrogen-bond donors (Lipinski definition) is 2. The molecule has 1 atom stereocenters. The van der Waals surface area contributed by atoms with Crippen LogP contribution in [0.3, 0.4) is 0 Å². The van der Waals surface area contributed by atoms with E-state index in [1.54, 1.807) is 19.1 Å². The number of hydrogen-bond acceptors (Lipinski definition) is 3. The summed E-state index contributed by atoms with van der Waals surface area (Å²) in [7, 11) is 0. The zero-order valence-electron chi connectivity index (χ0n) is 7.36. The standard InChI is InChI=1S/C9H12N2OS/c1-6(9(11)12)13-8-4-2-7(10)3-5-8/h2-6H,10H2,1H3,(H2,11,12). The number of carbonyl (C=O) groups is 1. The van der Waals surface area contributed by atoms with Gasteiger partial charge >= 0.3 is 0 Å². The maximum atomic E-state index is 10.7. The fraction of sp³-hybridized carbons (Fsp3) is 0.222. The summed E-state index contributed by atoms with van der Waals surface area (Å²) < 4.78 is 0. The number of primary amides is 1. The van der Waals surface area contributed by atoms with Crippen LogP contribution < -0.4 is 11.5 Å². The molecule has 1 aromatic carbocycles. The highest BCUT2D eigenvalue weighted by molar-refractivity contribution is 8.00. The molecule has 1 unspecified atom stereocenters. The van der Waals surface area contributed by atoms with Gasteiger partial charge in [0.1, 0.15) is 0 Å². The Kier molecular flexibility index (Phi) is 3.19. The summed E-state index contributed by atoms with van der Waals surface area (Å²) in [5, 5.41) is -0.205. The highest BCUT2D eigenvalue weighted by atomic mass is 32.2. The molecular formula is C9H12N2OS. The first-order valence-electron chi connectivity index (χ1n) is 3.91. The van der Waals surface area contributed by atoms with Gasteiger partial charge in [0.15, 0.2) is 0 Å². The topological polar surface area (TPSA) is 69.1 Å². The predicted molar refractivity (Wildman–Crippen MR) is 55.4 cm³/mol. The average Bonchev–Trinajstić information content (AvgIpc) is 2.08. The molecule has 13 heavy (non-hydrogen) atoms. The Balaban J connectivity index is 2.64. The molecule has 4 heteroatoms. The molecule has 0 saturated carbocycles. The van der Waals surface area contributed by atoms with Crippen molar-refractivity contribution in [1.29, 1.82) is 0 Å². The van der Waals surface area contributed by atoms with Gasteiger partial charge in [-0.05, 0) is 31.2 Å².